The number of rotatable bonds is 4. The summed E-state index contributed by atoms with van der Waals surface area (Å²) < 4.78 is 6.68. The van der Waals surface area contributed by atoms with Crippen LogP contribution in [-0.2, 0) is 16.1 Å². The van der Waals surface area contributed by atoms with Gasteiger partial charge in [0.05, 0.1) is 18.6 Å². The fraction of sp³-hybridized carbons (Fsp3) is 0.667. The SMILES string of the molecule is O=C(Cn1cnc(C2CCC2)cc1=O)C1CCOCC1. The molecule has 0 atom stereocenters. The normalized spacial score (nSPS) is 20.6. The van der Waals surface area contributed by atoms with Gasteiger partial charge in [-0.1, -0.05) is 6.42 Å². The Labute approximate surface area is 118 Å². The smallest absolute Gasteiger partial charge is 0.253 e. The Morgan fingerprint density at radius 3 is 2.65 bits per heavy atom. The molecule has 108 valence electrons. The van der Waals surface area contributed by atoms with Gasteiger partial charge in [-0.2, -0.15) is 0 Å². The van der Waals surface area contributed by atoms with Crippen molar-refractivity contribution in [2.75, 3.05) is 13.2 Å². The number of ether oxygens (including phenoxy) is 1. The molecule has 0 amide bonds. The van der Waals surface area contributed by atoms with Gasteiger partial charge in [-0.05, 0) is 25.7 Å². The third kappa shape index (κ3) is 2.82. The summed E-state index contributed by atoms with van der Waals surface area (Å²) in [5, 5.41) is 0. The molecule has 1 saturated heterocycles. The van der Waals surface area contributed by atoms with E-state index in [-0.39, 0.29) is 23.8 Å². The van der Waals surface area contributed by atoms with E-state index in [1.165, 1.54) is 17.3 Å². The summed E-state index contributed by atoms with van der Waals surface area (Å²) in [7, 11) is 0. The Hall–Kier alpha value is -1.49. The van der Waals surface area contributed by atoms with Crippen molar-refractivity contribution in [1.29, 1.82) is 0 Å². The molecule has 1 aromatic rings. The highest BCUT2D eigenvalue weighted by Crippen LogP contribution is 2.34. The number of carbonyl (C=O) groups excluding carboxylic acids is 1. The number of carbonyl (C=O) groups is 1. The van der Waals surface area contributed by atoms with Crippen LogP contribution in [0.5, 0.6) is 0 Å². The van der Waals surface area contributed by atoms with Crippen LogP contribution < -0.4 is 5.56 Å². The predicted molar refractivity (Wildman–Crippen MR) is 73.6 cm³/mol. The minimum absolute atomic E-state index is 0.0296. The van der Waals surface area contributed by atoms with Crippen LogP contribution in [0.2, 0.25) is 0 Å². The van der Waals surface area contributed by atoms with Crippen molar-refractivity contribution in [2.45, 2.75) is 44.6 Å². The molecule has 0 spiro atoms. The Kier molecular flexibility index (Phi) is 3.96. The molecule has 1 aliphatic carbocycles. The maximum absolute atomic E-state index is 12.2. The lowest BCUT2D eigenvalue weighted by Gasteiger charge is -2.24. The summed E-state index contributed by atoms with van der Waals surface area (Å²) in [5.41, 5.74) is 0.776. The Morgan fingerprint density at radius 1 is 1.30 bits per heavy atom. The molecule has 1 aromatic heterocycles. The minimum atomic E-state index is -0.109. The quantitative estimate of drug-likeness (QED) is 0.836. The van der Waals surface area contributed by atoms with E-state index in [1.54, 1.807) is 6.07 Å². The molecule has 1 saturated carbocycles. The van der Waals surface area contributed by atoms with Gasteiger partial charge >= 0.3 is 0 Å². The summed E-state index contributed by atoms with van der Waals surface area (Å²) in [6.45, 7) is 1.43. The minimum Gasteiger partial charge on any atom is -0.381 e. The first-order valence-corrected chi connectivity index (χ1v) is 7.41. The van der Waals surface area contributed by atoms with Gasteiger partial charge in [0.25, 0.3) is 5.56 Å². The topological polar surface area (TPSA) is 61.2 Å². The molecule has 0 N–H and O–H groups in total. The molecule has 5 nitrogen and oxygen atoms in total. The monoisotopic (exact) mass is 276 g/mol. The molecular weight excluding hydrogens is 256 g/mol. The molecule has 0 unspecified atom stereocenters. The van der Waals surface area contributed by atoms with Crippen LogP contribution in [0.25, 0.3) is 0 Å². The van der Waals surface area contributed by atoms with E-state index in [4.69, 9.17) is 4.74 Å². The van der Waals surface area contributed by atoms with E-state index >= 15 is 0 Å². The van der Waals surface area contributed by atoms with E-state index in [2.05, 4.69) is 4.98 Å². The van der Waals surface area contributed by atoms with Crippen LogP contribution in [0.1, 0.15) is 43.7 Å². The van der Waals surface area contributed by atoms with E-state index in [0.717, 1.165) is 31.4 Å². The average Bonchev–Trinajstić information content (AvgIpc) is 2.41. The molecular formula is C15H20N2O3. The molecule has 1 aliphatic heterocycles. The Balaban J connectivity index is 1.67. The maximum Gasteiger partial charge on any atom is 0.253 e. The van der Waals surface area contributed by atoms with Crippen molar-refractivity contribution in [3.8, 4) is 0 Å². The first kappa shape index (κ1) is 13.5. The van der Waals surface area contributed by atoms with Crippen LogP contribution in [0.4, 0.5) is 0 Å². The lowest BCUT2D eigenvalue weighted by Crippen LogP contribution is -2.31. The highest BCUT2D eigenvalue weighted by Gasteiger charge is 2.23. The lowest BCUT2D eigenvalue weighted by atomic mass is 9.83. The third-order valence-corrected chi connectivity index (χ3v) is 4.43. The molecule has 20 heavy (non-hydrogen) atoms. The second-order valence-electron chi connectivity index (χ2n) is 5.76. The number of hydrogen-bond acceptors (Lipinski definition) is 4. The van der Waals surface area contributed by atoms with Crippen LogP contribution in [-0.4, -0.2) is 28.5 Å². The summed E-state index contributed by atoms with van der Waals surface area (Å²) >= 11 is 0. The van der Waals surface area contributed by atoms with Gasteiger partial charge < -0.3 is 4.74 Å². The number of Topliss-reactive ketones (excluding diaryl/α,β-unsaturated/α-hetero) is 1. The second kappa shape index (κ2) is 5.87. The highest BCUT2D eigenvalue weighted by molar-refractivity contribution is 5.80. The van der Waals surface area contributed by atoms with Crippen molar-refractivity contribution in [1.82, 2.24) is 9.55 Å². The molecule has 2 fully saturated rings. The van der Waals surface area contributed by atoms with Crippen LogP contribution in [0.3, 0.4) is 0 Å². The molecule has 2 aliphatic rings. The van der Waals surface area contributed by atoms with Gasteiger partial charge in [0, 0.05) is 31.1 Å². The van der Waals surface area contributed by atoms with Crippen LogP contribution >= 0.6 is 0 Å². The molecule has 0 radical (unpaired) electrons. The van der Waals surface area contributed by atoms with E-state index in [9.17, 15) is 9.59 Å². The first-order chi connectivity index (χ1) is 9.74. The van der Waals surface area contributed by atoms with Crippen molar-refractivity contribution in [3.05, 3.63) is 28.4 Å². The zero-order valence-electron chi connectivity index (χ0n) is 11.6. The molecule has 3 rings (SSSR count). The zero-order chi connectivity index (χ0) is 13.9. The van der Waals surface area contributed by atoms with Gasteiger partial charge in [-0.25, -0.2) is 4.98 Å². The highest BCUT2D eigenvalue weighted by atomic mass is 16.5. The van der Waals surface area contributed by atoms with Gasteiger partial charge in [0.1, 0.15) is 0 Å². The summed E-state index contributed by atoms with van der Waals surface area (Å²) in [6, 6.07) is 1.60. The van der Waals surface area contributed by atoms with Crippen molar-refractivity contribution >= 4 is 5.78 Å². The van der Waals surface area contributed by atoms with Crippen molar-refractivity contribution in [3.63, 3.8) is 0 Å². The Morgan fingerprint density at radius 2 is 2.05 bits per heavy atom. The number of ketones is 1. The molecule has 5 heteroatoms. The van der Waals surface area contributed by atoms with Gasteiger partial charge in [0.15, 0.2) is 5.78 Å². The third-order valence-electron chi connectivity index (χ3n) is 4.43. The van der Waals surface area contributed by atoms with E-state index in [0.29, 0.717) is 19.1 Å². The summed E-state index contributed by atoms with van der Waals surface area (Å²) in [4.78, 5) is 28.6. The van der Waals surface area contributed by atoms with Crippen molar-refractivity contribution in [2.24, 2.45) is 5.92 Å². The fourth-order valence-electron chi connectivity index (χ4n) is 2.80. The lowest BCUT2D eigenvalue weighted by molar-refractivity contribution is -0.126. The summed E-state index contributed by atoms with van der Waals surface area (Å²) in [5.74, 6) is 0.596. The van der Waals surface area contributed by atoms with Crippen molar-refractivity contribution < 1.29 is 9.53 Å². The van der Waals surface area contributed by atoms with Gasteiger partial charge in [0.2, 0.25) is 0 Å². The molecule has 0 aromatic carbocycles. The number of nitrogens with zero attached hydrogens (tertiary/aromatic N) is 2. The van der Waals surface area contributed by atoms with Gasteiger partial charge in [-0.3, -0.25) is 14.2 Å². The Bertz CT molecular complexity index is 542. The largest absolute Gasteiger partial charge is 0.381 e. The maximum atomic E-state index is 12.2. The van der Waals surface area contributed by atoms with E-state index < -0.39 is 0 Å². The molecule has 2 heterocycles. The first-order valence-electron chi connectivity index (χ1n) is 7.41. The van der Waals surface area contributed by atoms with Crippen LogP contribution in [0, 0.1) is 5.92 Å². The summed E-state index contributed by atoms with van der Waals surface area (Å²) in [6.07, 6.45) is 6.53. The van der Waals surface area contributed by atoms with E-state index in [1.807, 2.05) is 0 Å². The van der Waals surface area contributed by atoms with Crippen LogP contribution in [0.15, 0.2) is 17.2 Å². The average molecular weight is 276 g/mol. The van der Waals surface area contributed by atoms with Gasteiger partial charge in [-0.15, -0.1) is 0 Å². The predicted octanol–water partition coefficient (Wildman–Crippen LogP) is 1.51. The number of hydrogen-bond donors (Lipinski definition) is 0. The number of aromatic nitrogens is 2. The second-order valence-corrected chi connectivity index (χ2v) is 5.76. The molecule has 0 bridgehead atoms. The standard InChI is InChI=1S/C15H20N2O3/c18-14(12-4-6-20-7-5-12)9-17-10-16-13(8-15(17)19)11-2-1-3-11/h8,10-12H,1-7,9H2. The fourth-order valence-corrected chi connectivity index (χ4v) is 2.80. The zero-order valence-corrected chi connectivity index (χ0v) is 11.6.